The zero-order valence-electron chi connectivity index (χ0n) is 17.2. The molecule has 1 amide bonds. The fourth-order valence-electron chi connectivity index (χ4n) is 3.50. The third-order valence-electron chi connectivity index (χ3n) is 5.03. The van der Waals surface area contributed by atoms with Crippen molar-refractivity contribution in [3.63, 3.8) is 0 Å². The minimum Gasteiger partial charge on any atom is -0.319 e. The second kappa shape index (κ2) is 8.52. The number of rotatable bonds is 5. The van der Waals surface area contributed by atoms with E-state index in [1.165, 1.54) is 6.07 Å². The van der Waals surface area contributed by atoms with Crippen molar-refractivity contribution >= 4 is 11.6 Å². The summed E-state index contributed by atoms with van der Waals surface area (Å²) in [5.74, 6) is -2.00. The van der Waals surface area contributed by atoms with Gasteiger partial charge in [-0.3, -0.25) is 9.48 Å². The number of aryl methyl sites for hydroxylation is 2. The molecule has 156 valence electrons. The van der Waals surface area contributed by atoms with Crippen LogP contribution in [0.1, 0.15) is 27.3 Å². The first kappa shape index (κ1) is 20.5. The molecule has 0 aliphatic carbocycles. The first-order chi connectivity index (χ1) is 14.9. The smallest absolute Gasteiger partial charge is 0.255 e. The predicted octanol–water partition coefficient (Wildman–Crippen LogP) is 5.75. The van der Waals surface area contributed by atoms with E-state index in [2.05, 4.69) is 10.4 Å². The van der Waals surface area contributed by atoms with Crippen molar-refractivity contribution in [2.45, 2.75) is 20.4 Å². The summed E-state index contributed by atoms with van der Waals surface area (Å²) in [5.41, 5.74) is 4.21. The summed E-state index contributed by atoms with van der Waals surface area (Å²) in [7, 11) is 0. The van der Waals surface area contributed by atoms with Crippen LogP contribution in [0.4, 0.5) is 14.5 Å². The topological polar surface area (TPSA) is 46.9 Å². The third-order valence-corrected chi connectivity index (χ3v) is 5.03. The van der Waals surface area contributed by atoms with Crippen LogP contribution in [0.5, 0.6) is 0 Å². The summed E-state index contributed by atoms with van der Waals surface area (Å²) in [6.45, 7) is 4.52. The highest BCUT2D eigenvalue weighted by molar-refractivity contribution is 6.06. The number of nitrogens with one attached hydrogen (secondary N) is 1. The van der Waals surface area contributed by atoms with Gasteiger partial charge in [0.1, 0.15) is 11.6 Å². The predicted molar refractivity (Wildman–Crippen MR) is 117 cm³/mol. The number of amides is 1. The summed E-state index contributed by atoms with van der Waals surface area (Å²) in [6, 6.07) is 19.8. The summed E-state index contributed by atoms with van der Waals surface area (Å²) >= 11 is 0. The molecule has 4 nitrogen and oxygen atoms in total. The summed E-state index contributed by atoms with van der Waals surface area (Å²) in [5, 5.41) is 7.04. The molecule has 0 aliphatic rings. The molecule has 0 saturated heterocycles. The van der Waals surface area contributed by atoms with Crippen LogP contribution in [0.25, 0.3) is 11.1 Å². The highest BCUT2D eigenvalue weighted by atomic mass is 19.1. The van der Waals surface area contributed by atoms with E-state index in [1.807, 2.05) is 42.8 Å². The number of nitrogens with zero attached hydrogens (tertiary/aromatic N) is 2. The molecule has 0 aliphatic heterocycles. The Kier molecular flexibility index (Phi) is 5.62. The molecule has 31 heavy (non-hydrogen) atoms. The van der Waals surface area contributed by atoms with E-state index in [0.29, 0.717) is 17.7 Å². The van der Waals surface area contributed by atoms with Crippen LogP contribution < -0.4 is 5.32 Å². The Labute approximate surface area is 179 Å². The second-order valence-electron chi connectivity index (χ2n) is 7.41. The molecule has 0 unspecified atom stereocenters. The van der Waals surface area contributed by atoms with E-state index >= 15 is 0 Å². The Morgan fingerprint density at radius 2 is 1.68 bits per heavy atom. The van der Waals surface area contributed by atoms with Gasteiger partial charge in [-0.1, -0.05) is 42.5 Å². The average Bonchev–Trinajstić information content (AvgIpc) is 3.07. The summed E-state index contributed by atoms with van der Waals surface area (Å²) in [4.78, 5) is 12.8. The maximum absolute atomic E-state index is 14.6. The van der Waals surface area contributed by atoms with Gasteiger partial charge in [0.05, 0.1) is 17.9 Å². The van der Waals surface area contributed by atoms with Crippen LogP contribution in [0.15, 0.2) is 72.8 Å². The van der Waals surface area contributed by atoms with Crippen LogP contribution in [-0.4, -0.2) is 15.7 Å². The van der Waals surface area contributed by atoms with Gasteiger partial charge in [0.25, 0.3) is 5.91 Å². The Balaban J connectivity index is 1.57. The minimum absolute atomic E-state index is 0.0516. The first-order valence-corrected chi connectivity index (χ1v) is 9.86. The van der Waals surface area contributed by atoms with Crippen molar-refractivity contribution in [1.82, 2.24) is 9.78 Å². The first-order valence-electron chi connectivity index (χ1n) is 9.86. The van der Waals surface area contributed by atoms with E-state index in [4.69, 9.17) is 0 Å². The SMILES string of the molecule is Cc1cc(C)n(Cc2ccc(C(=O)Nc3c(F)cc(F)cc3-c3ccccc3)cc2)n1. The standard InChI is InChI=1S/C25H21F2N3O/c1-16-12-17(2)30(29-16)15-18-8-10-20(11-9-18)25(31)28-24-22(13-21(26)14-23(24)27)19-6-4-3-5-7-19/h3-14H,15H2,1-2H3,(H,28,31). The number of carbonyl (C=O) groups is 1. The third kappa shape index (κ3) is 4.53. The van der Waals surface area contributed by atoms with Gasteiger partial charge < -0.3 is 5.32 Å². The summed E-state index contributed by atoms with van der Waals surface area (Å²) in [6.07, 6.45) is 0. The molecule has 1 heterocycles. The van der Waals surface area contributed by atoms with E-state index in [9.17, 15) is 13.6 Å². The molecule has 0 spiro atoms. The zero-order valence-corrected chi connectivity index (χ0v) is 17.2. The Bertz CT molecular complexity index is 1230. The minimum atomic E-state index is -0.826. The van der Waals surface area contributed by atoms with Crippen molar-refractivity contribution in [3.8, 4) is 11.1 Å². The normalized spacial score (nSPS) is 10.8. The van der Waals surface area contributed by atoms with E-state index in [-0.39, 0.29) is 11.3 Å². The second-order valence-corrected chi connectivity index (χ2v) is 7.41. The molecular formula is C25H21F2N3O. The molecule has 3 aromatic carbocycles. The van der Waals surface area contributed by atoms with Crippen molar-refractivity contribution in [1.29, 1.82) is 0 Å². The van der Waals surface area contributed by atoms with Gasteiger partial charge in [-0.15, -0.1) is 0 Å². The van der Waals surface area contributed by atoms with Crippen molar-refractivity contribution < 1.29 is 13.6 Å². The monoisotopic (exact) mass is 417 g/mol. The number of benzene rings is 3. The van der Waals surface area contributed by atoms with E-state index in [0.717, 1.165) is 23.0 Å². The number of anilines is 1. The van der Waals surface area contributed by atoms with Crippen molar-refractivity contribution in [2.24, 2.45) is 0 Å². The summed E-state index contributed by atoms with van der Waals surface area (Å²) < 4.78 is 30.3. The molecule has 6 heteroatoms. The van der Waals surface area contributed by atoms with Crippen LogP contribution >= 0.6 is 0 Å². The van der Waals surface area contributed by atoms with Gasteiger partial charge in [0.15, 0.2) is 0 Å². The van der Waals surface area contributed by atoms with Crippen LogP contribution in [0.3, 0.4) is 0 Å². The maximum atomic E-state index is 14.6. The van der Waals surface area contributed by atoms with Gasteiger partial charge >= 0.3 is 0 Å². The van der Waals surface area contributed by atoms with Gasteiger partial charge in [-0.2, -0.15) is 5.10 Å². The molecule has 0 fully saturated rings. The van der Waals surface area contributed by atoms with Crippen LogP contribution in [-0.2, 0) is 6.54 Å². The molecule has 0 saturated carbocycles. The quantitative estimate of drug-likeness (QED) is 0.450. The molecular weight excluding hydrogens is 396 g/mol. The van der Waals surface area contributed by atoms with Crippen molar-refractivity contribution in [2.75, 3.05) is 5.32 Å². The maximum Gasteiger partial charge on any atom is 0.255 e. The number of hydrogen-bond donors (Lipinski definition) is 1. The Morgan fingerprint density at radius 3 is 2.32 bits per heavy atom. The lowest BCUT2D eigenvalue weighted by Gasteiger charge is -2.13. The number of carbonyl (C=O) groups excluding carboxylic acids is 1. The molecule has 1 aromatic heterocycles. The van der Waals surface area contributed by atoms with Crippen LogP contribution in [0.2, 0.25) is 0 Å². The molecule has 1 N–H and O–H groups in total. The van der Waals surface area contributed by atoms with E-state index in [1.54, 1.807) is 36.4 Å². The molecule has 4 rings (SSSR count). The Hall–Kier alpha value is -3.80. The Morgan fingerprint density at radius 1 is 0.968 bits per heavy atom. The van der Waals surface area contributed by atoms with Gasteiger partial charge in [-0.25, -0.2) is 8.78 Å². The molecule has 0 bridgehead atoms. The van der Waals surface area contributed by atoms with Gasteiger partial charge in [-0.05, 0) is 49.2 Å². The molecule has 4 aromatic rings. The molecule has 0 atom stereocenters. The van der Waals surface area contributed by atoms with Crippen molar-refractivity contribution in [3.05, 3.63) is 107 Å². The van der Waals surface area contributed by atoms with Crippen LogP contribution in [0, 0.1) is 25.5 Å². The highest BCUT2D eigenvalue weighted by Crippen LogP contribution is 2.31. The number of aromatic nitrogens is 2. The largest absolute Gasteiger partial charge is 0.319 e. The van der Waals surface area contributed by atoms with Gasteiger partial charge in [0, 0.05) is 22.9 Å². The van der Waals surface area contributed by atoms with E-state index < -0.39 is 17.5 Å². The lowest BCUT2D eigenvalue weighted by molar-refractivity contribution is 0.102. The highest BCUT2D eigenvalue weighted by Gasteiger charge is 2.16. The molecule has 0 radical (unpaired) electrons. The number of halogens is 2. The average molecular weight is 417 g/mol. The van der Waals surface area contributed by atoms with Gasteiger partial charge in [0.2, 0.25) is 0 Å². The fraction of sp³-hybridized carbons (Fsp3) is 0.120. The number of hydrogen-bond acceptors (Lipinski definition) is 2. The lowest BCUT2D eigenvalue weighted by atomic mass is 10.0. The lowest BCUT2D eigenvalue weighted by Crippen LogP contribution is -2.14. The fourth-order valence-corrected chi connectivity index (χ4v) is 3.50. The zero-order chi connectivity index (χ0) is 22.0.